The molecule has 1 amide bonds. The first-order valence-corrected chi connectivity index (χ1v) is 9.21. The van der Waals surface area contributed by atoms with Crippen LogP contribution in [0.2, 0.25) is 0 Å². The Morgan fingerprint density at radius 2 is 1.86 bits per heavy atom. The van der Waals surface area contributed by atoms with E-state index in [1.165, 1.54) is 18.2 Å². The summed E-state index contributed by atoms with van der Waals surface area (Å²) in [6.45, 7) is 5.02. The highest BCUT2D eigenvalue weighted by Crippen LogP contribution is 2.24. The van der Waals surface area contributed by atoms with Crippen LogP contribution in [0.15, 0.2) is 24.3 Å². The van der Waals surface area contributed by atoms with Crippen molar-refractivity contribution < 1.29 is 18.3 Å². The number of piperidine rings is 1. The Morgan fingerprint density at radius 3 is 2.50 bits per heavy atom. The fourth-order valence-corrected chi connectivity index (χ4v) is 3.08. The first-order valence-electron chi connectivity index (χ1n) is 9.21. The molecule has 2 N–H and O–H groups in total. The molecule has 3 rings (SSSR count). The maximum absolute atomic E-state index is 13.9. The van der Waals surface area contributed by atoms with Crippen molar-refractivity contribution >= 4 is 23.4 Å². The summed E-state index contributed by atoms with van der Waals surface area (Å²) < 4.78 is 32.7. The molecule has 0 saturated carbocycles. The highest BCUT2D eigenvalue weighted by molar-refractivity contribution is 5.67. The molecule has 1 aliphatic heterocycles. The standard InChI is InChI=1S/C19H23F2N5O2/c1-3-28-19(27)26-9-7-13(8-10-26)24-16-11-17(23-12(2)22-16)25-18-14(20)5-4-6-15(18)21/h4-6,11,13H,3,7-10H2,1-2H3,(H2,22,23,24,25). The number of halogens is 2. The summed E-state index contributed by atoms with van der Waals surface area (Å²) in [5.41, 5.74) is -0.255. The van der Waals surface area contributed by atoms with Gasteiger partial charge in [0.2, 0.25) is 0 Å². The van der Waals surface area contributed by atoms with Gasteiger partial charge in [0, 0.05) is 25.2 Å². The van der Waals surface area contributed by atoms with Crippen LogP contribution in [0.3, 0.4) is 0 Å². The van der Waals surface area contributed by atoms with E-state index >= 15 is 0 Å². The molecule has 0 unspecified atom stereocenters. The van der Waals surface area contributed by atoms with Crippen molar-refractivity contribution in [3.63, 3.8) is 0 Å². The number of amides is 1. The zero-order chi connectivity index (χ0) is 20.1. The van der Waals surface area contributed by atoms with Crippen molar-refractivity contribution in [2.45, 2.75) is 32.7 Å². The van der Waals surface area contributed by atoms with E-state index in [9.17, 15) is 13.6 Å². The SMILES string of the molecule is CCOC(=O)N1CCC(Nc2cc(Nc3c(F)cccc3F)nc(C)n2)CC1. The third-order valence-corrected chi connectivity index (χ3v) is 4.43. The lowest BCUT2D eigenvalue weighted by molar-refractivity contribution is 0.0983. The van der Waals surface area contributed by atoms with Gasteiger partial charge in [0.25, 0.3) is 0 Å². The van der Waals surface area contributed by atoms with Crippen LogP contribution in [-0.2, 0) is 4.74 Å². The van der Waals surface area contributed by atoms with E-state index in [1.54, 1.807) is 24.8 Å². The van der Waals surface area contributed by atoms with Crippen LogP contribution in [0.25, 0.3) is 0 Å². The van der Waals surface area contributed by atoms with E-state index in [4.69, 9.17) is 4.74 Å². The van der Waals surface area contributed by atoms with E-state index in [1.807, 2.05) is 0 Å². The Balaban J connectivity index is 1.65. The van der Waals surface area contributed by atoms with Crippen molar-refractivity contribution in [3.8, 4) is 0 Å². The largest absolute Gasteiger partial charge is 0.450 e. The van der Waals surface area contributed by atoms with Crippen LogP contribution >= 0.6 is 0 Å². The molecule has 2 aromatic rings. The van der Waals surface area contributed by atoms with Crippen molar-refractivity contribution in [2.75, 3.05) is 30.3 Å². The van der Waals surface area contributed by atoms with E-state index in [-0.39, 0.29) is 17.8 Å². The number of hydrogen-bond donors (Lipinski definition) is 2. The van der Waals surface area contributed by atoms with Crippen LogP contribution in [0.4, 0.5) is 30.9 Å². The van der Waals surface area contributed by atoms with Gasteiger partial charge >= 0.3 is 6.09 Å². The molecule has 1 aromatic carbocycles. The number of ether oxygens (including phenoxy) is 1. The lowest BCUT2D eigenvalue weighted by Gasteiger charge is -2.31. The van der Waals surface area contributed by atoms with Gasteiger partial charge in [-0.3, -0.25) is 0 Å². The number of aryl methyl sites for hydroxylation is 1. The molecule has 1 fully saturated rings. The first kappa shape index (κ1) is 19.8. The van der Waals surface area contributed by atoms with Crippen molar-refractivity contribution in [1.29, 1.82) is 0 Å². The number of anilines is 3. The van der Waals surface area contributed by atoms with E-state index in [2.05, 4.69) is 20.6 Å². The third kappa shape index (κ3) is 4.85. The summed E-state index contributed by atoms with van der Waals surface area (Å²) in [4.78, 5) is 22.0. The minimum absolute atomic E-state index is 0.123. The van der Waals surface area contributed by atoms with Crippen LogP contribution in [0, 0.1) is 18.6 Å². The number of para-hydroxylation sites is 1. The Morgan fingerprint density at radius 1 is 1.21 bits per heavy atom. The number of carbonyl (C=O) groups excluding carboxylic acids is 1. The molecule has 2 heterocycles. The molecule has 150 valence electrons. The van der Waals surface area contributed by atoms with Gasteiger partial charge in [-0.15, -0.1) is 0 Å². The average molecular weight is 391 g/mol. The summed E-state index contributed by atoms with van der Waals surface area (Å²) in [5.74, 6) is -0.0771. The number of rotatable bonds is 5. The second-order valence-electron chi connectivity index (χ2n) is 6.51. The minimum Gasteiger partial charge on any atom is -0.450 e. The third-order valence-electron chi connectivity index (χ3n) is 4.43. The first-order chi connectivity index (χ1) is 13.5. The molecule has 0 radical (unpaired) electrons. The number of aromatic nitrogens is 2. The van der Waals surface area contributed by atoms with Crippen LogP contribution in [0.1, 0.15) is 25.6 Å². The second kappa shape index (κ2) is 8.81. The molecular formula is C19H23F2N5O2. The summed E-state index contributed by atoms with van der Waals surface area (Å²) >= 11 is 0. The number of benzene rings is 1. The van der Waals surface area contributed by atoms with Gasteiger partial charge in [-0.25, -0.2) is 23.5 Å². The zero-order valence-corrected chi connectivity index (χ0v) is 15.8. The van der Waals surface area contributed by atoms with Gasteiger partial charge in [0.1, 0.15) is 34.8 Å². The van der Waals surface area contributed by atoms with E-state index in [0.717, 1.165) is 12.8 Å². The number of nitrogens with one attached hydrogen (secondary N) is 2. The highest BCUT2D eigenvalue weighted by atomic mass is 19.1. The van der Waals surface area contributed by atoms with Gasteiger partial charge in [-0.2, -0.15) is 0 Å². The number of hydrogen-bond acceptors (Lipinski definition) is 6. The molecule has 0 atom stereocenters. The average Bonchev–Trinajstić information content (AvgIpc) is 2.65. The summed E-state index contributed by atoms with van der Waals surface area (Å²) in [6, 6.07) is 5.39. The maximum Gasteiger partial charge on any atom is 0.409 e. The normalized spacial score (nSPS) is 14.6. The smallest absolute Gasteiger partial charge is 0.409 e. The van der Waals surface area contributed by atoms with Gasteiger partial charge in [-0.1, -0.05) is 6.07 Å². The molecule has 9 heteroatoms. The maximum atomic E-state index is 13.9. The van der Waals surface area contributed by atoms with Crippen molar-refractivity contribution in [3.05, 3.63) is 41.7 Å². The molecule has 1 aromatic heterocycles. The molecule has 0 bridgehead atoms. The van der Waals surface area contributed by atoms with Crippen molar-refractivity contribution in [1.82, 2.24) is 14.9 Å². The number of nitrogens with zero attached hydrogens (tertiary/aromatic N) is 3. The zero-order valence-electron chi connectivity index (χ0n) is 15.8. The summed E-state index contributed by atoms with van der Waals surface area (Å²) in [7, 11) is 0. The fraction of sp³-hybridized carbons (Fsp3) is 0.421. The second-order valence-corrected chi connectivity index (χ2v) is 6.51. The van der Waals surface area contributed by atoms with Gasteiger partial charge in [-0.05, 0) is 38.8 Å². The lowest BCUT2D eigenvalue weighted by Crippen LogP contribution is -2.42. The lowest BCUT2D eigenvalue weighted by atomic mass is 10.1. The van der Waals surface area contributed by atoms with Gasteiger partial charge < -0.3 is 20.3 Å². The monoisotopic (exact) mass is 391 g/mol. The molecule has 0 aliphatic carbocycles. The number of carbonyl (C=O) groups is 1. The molecule has 7 nitrogen and oxygen atoms in total. The van der Waals surface area contributed by atoms with E-state index < -0.39 is 11.6 Å². The predicted octanol–water partition coefficient (Wildman–Crippen LogP) is 3.84. The summed E-state index contributed by atoms with van der Waals surface area (Å²) in [5, 5.41) is 6.00. The van der Waals surface area contributed by atoms with Crippen LogP contribution in [0.5, 0.6) is 0 Å². The van der Waals surface area contributed by atoms with E-state index in [0.29, 0.717) is 37.2 Å². The Labute approximate surface area is 162 Å². The fourth-order valence-electron chi connectivity index (χ4n) is 3.08. The highest BCUT2D eigenvalue weighted by Gasteiger charge is 2.24. The van der Waals surface area contributed by atoms with Gasteiger partial charge in [0.15, 0.2) is 0 Å². The Hall–Kier alpha value is -2.97. The minimum atomic E-state index is -0.697. The Bertz CT molecular complexity index is 821. The molecule has 1 saturated heterocycles. The number of likely N-dealkylation sites (tertiary alicyclic amines) is 1. The molecular weight excluding hydrogens is 368 g/mol. The molecule has 1 aliphatic rings. The predicted molar refractivity (Wildman–Crippen MR) is 102 cm³/mol. The molecule has 28 heavy (non-hydrogen) atoms. The van der Waals surface area contributed by atoms with Crippen LogP contribution in [-0.4, -0.2) is 46.7 Å². The molecule has 0 spiro atoms. The Kier molecular flexibility index (Phi) is 6.23. The van der Waals surface area contributed by atoms with Crippen LogP contribution < -0.4 is 10.6 Å². The topological polar surface area (TPSA) is 79.4 Å². The summed E-state index contributed by atoms with van der Waals surface area (Å²) in [6.07, 6.45) is 1.19. The van der Waals surface area contributed by atoms with Crippen molar-refractivity contribution in [2.24, 2.45) is 0 Å². The van der Waals surface area contributed by atoms with Gasteiger partial charge in [0.05, 0.1) is 6.61 Å². The quantitative estimate of drug-likeness (QED) is 0.806.